The minimum atomic E-state index is -0.815. The smallest absolute Gasteiger partial charge is 0.320 e. The van der Waals surface area contributed by atoms with Crippen molar-refractivity contribution in [3.05, 3.63) is 41.0 Å². The molecule has 0 spiro atoms. The quantitative estimate of drug-likeness (QED) is 0.791. The second-order valence-corrected chi connectivity index (χ2v) is 6.30. The fourth-order valence-corrected chi connectivity index (χ4v) is 2.86. The van der Waals surface area contributed by atoms with Crippen LogP contribution in [0, 0.1) is 12.8 Å². The molecule has 1 aromatic carbocycles. The van der Waals surface area contributed by atoms with E-state index in [9.17, 15) is 9.59 Å². The number of rotatable bonds is 4. The molecule has 1 aromatic heterocycles. The van der Waals surface area contributed by atoms with E-state index in [-0.39, 0.29) is 18.0 Å². The molecule has 1 fully saturated rings. The minimum absolute atomic E-state index is 0.109. The Morgan fingerprint density at radius 3 is 2.75 bits per heavy atom. The lowest BCUT2D eigenvalue weighted by Crippen LogP contribution is -2.48. The molecule has 1 aliphatic carbocycles. The van der Waals surface area contributed by atoms with Crippen molar-refractivity contribution in [2.45, 2.75) is 25.8 Å². The summed E-state index contributed by atoms with van der Waals surface area (Å²) in [4.78, 5) is 22.7. The number of anilines is 1. The van der Waals surface area contributed by atoms with Crippen LogP contribution in [0.2, 0.25) is 5.02 Å². The number of hydrogen-bond acceptors (Lipinski definition) is 3. The van der Waals surface area contributed by atoms with Crippen molar-refractivity contribution in [3.63, 3.8) is 0 Å². The molecule has 2 amide bonds. The summed E-state index contributed by atoms with van der Waals surface area (Å²) in [5, 5.41) is 19.2. The molecular formula is C16H17ClN4O3. The Labute approximate surface area is 143 Å². The van der Waals surface area contributed by atoms with Gasteiger partial charge in [0.15, 0.2) is 5.82 Å². The van der Waals surface area contributed by atoms with Gasteiger partial charge in [0.05, 0.1) is 11.6 Å². The van der Waals surface area contributed by atoms with Crippen molar-refractivity contribution in [2.75, 3.05) is 5.32 Å². The molecule has 1 heterocycles. The van der Waals surface area contributed by atoms with E-state index in [4.69, 9.17) is 16.7 Å². The van der Waals surface area contributed by atoms with Crippen molar-refractivity contribution < 1.29 is 14.7 Å². The first-order chi connectivity index (χ1) is 11.4. The molecule has 3 N–H and O–H groups in total. The van der Waals surface area contributed by atoms with Gasteiger partial charge in [0.1, 0.15) is 0 Å². The van der Waals surface area contributed by atoms with Crippen LogP contribution in [-0.4, -0.2) is 32.9 Å². The number of amides is 2. The van der Waals surface area contributed by atoms with Gasteiger partial charge >= 0.3 is 12.0 Å². The van der Waals surface area contributed by atoms with E-state index in [1.165, 1.54) is 0 Å². The van der Waals surface area contributed by atoms with Crippen molar-refractivity contribution >= 4 is 29.4 Å². The monoisotopic (exact) mass is 348 g/mol. The number of carboxylic acids is 1. The summed E-state index contributed by atoms with van der Waals surface area (Å²) in [5.41, 5.74) is 1.65. The van der Waals surface area contributed by atoms with Gasteiger partial charge in [-0.1, -0.05) is 17.7 Å². The summed E-state index contributed by atoms with van der Waals surface area (Å²) >= 11 is 5.99. The molecule has 0 bridgehead atoms. The van der Waals surface area contributed by atoms with Crippen LogP contribution in [-0.2, 0) is 4.79 Å². The first-order valence-corrected chi connectivity index (χ1v) is 7.93. The molecule has 126 valence electrons. The van der Waals surface area contributed by atoms with Crippen molar-refractivity contribution in [1.82, 2.24) is 15.1 Å². The van der Waals surface area contributed by atoms with Crippen molar-refractivity contribution in [3.8, 4) is 5.69 Å². The summed E-state index contributed by atoms with van der Waals surface area (Å²) in [5.74, 6) is -0.761. The third-order valence-corrected chi connectivity index (χ3v) is 4.24. The fourth-order valence-electron chi connectivity index (χ4n) is 2.68. The number of halogens is 1. The summed E-state index contributed by atoms with van der Waals surface area (Å²) in [7, 11) is 0. The van der Waals surface area contributed by atoms with Crippen LogP contribution in [0.25, 0.3) is 5.69 Å². The molecule has 0 atom stereocenters. The maximum absolute atomic E-state index is 12.0. The van der Waals surface area contributed by atoms with Crippen LogP contribution in [0.1, 0.15) is 18.5 Å². The summed E-state index contributed by atoms with van der Waals surface area (Å²) in [6.45, 7) is 1.88. The normalized spacial score (nSPS) is 19.4. The third kappa shape index (κ3) is 3.51. The molecule has 0 unspecified atom stereocenters. The molecular weight excluding hydrogens is 332 g/mol. The molecule has 1 aliphatic rings. The van der Waals surface area contributed by atoms with Gasteiger partial charge in [0.2, 0.25) is 0 Å². The second-order valence-electron chi connectivity index (χ2n) is 5.86. The highest BCUT2D eigenvalue weighted by Gasteiger charge is 2.35. The van der Waals surface area contributed by atoms with Crippen LogP contribution >= 0.6 is 11.6 Å². The lowest BCUT2D eigenvalue weighted by Gasteiger charge is -2.32. The minimum Gasteiger partial charge on any atom is -0.481 e. The molecule has 7 nitrogen and oxygen atoms in total. The van der Waals surface area contributed by atoms with E-state index in [1.807, 2.05) is 19.1 Å². The second kappa shape index (κ2) is 6.52. The first-order valence-electron chi connectivity index (χ1n) is 7.55. The van der Waals surface area contributed by atoms with Crippen LogP contribution in [0.15, 0.2) is 30.3 Å². The topological polar surface area (TPSA) is 96.2 Å². The van der Waals surface area contributed by atoms with Crippen LogP contribution in [0.5, 0.6) is 0 Å². The predicted molar refractivity (Wildman–Crippen MR) is 89.6 cm³/mol. The highest BCUT2D eigenvalue weighted by Crippen LogP contribution is 2.27. The zero-order valence-electron chi connectivity index (χ0n) is 13.0. The molecule has 0 aliphatic heterocycles. The van der Waals surface area contributed by atoms with E-state index in [0.29, 0.717) is 23.7 Å². The molecule has 0 saturated heterocycles. The number of urea groups is 1. The number of carbonyl (C=O) groups excluding carboxylic acids is 1. The van der Waals surface area contributed by atoms with Gasteiger partial charge in [-0.25, -0.2) is 9.48 Å². The molecule has 1 saturated carbocycles. The Hall–Kier alpha value is -2.54. The number of aliphatic carboxylic acids is 1. The van der Waals surface area contributed by atoms with Gasteiger partial charge < -0.3 is 10.4 Å². The largest absolute Gasteiger partial charge is 0.481 e. The molecule has 2 aromatic rings. The lowest BCUT2D eigenvalue weighted by molar-refractivity contribution is -0.145. The van der Waals surface area contributed by atoms with Crippen LogP contribution in [0.3, 0.4) is 0 Å². The van der Waals surface area contributed by atoms with E-state index >= 15 is 0 Å². The number of carbonyl (C=O) groups is 2. The van der Waals surface area contributed by atoms with Gasteiger partial charge in [-0.3, -0.25) is 10.1 Å². The Bertz CT molecular complexity index is 783. The van der Waals surface area contributed by atoms with E-state index in [1.54, 1.807) is 22.9 Å². The number of aromatic nitrogens is 2. The zero-order chi connectivity index (χ0) is 17.3. The Morgan fingerprint density at radius 2 is 2.08 bits per heavy atom. The van der Waals surface area contributed by atoms with Gasteiger partial charge in [0, 0.05) is 22.8 Å². The van der Waals surface area contributed by atoms with Crippen LogP contribution < -0.4 is 10.6 Å². The Balaban J connectivity index is 1.61. The number of benzene rings is 1. The highest BCUT2D eigenvalue weighted by atomic mass is 35.5. The van der Waals surface area contributed by atoms with E-state index in [0.717, 1.165) is 11.4 Å². The zero-order valence-corrected chi connectivity index (χ0v) is 13.7. The standard InChI is InChI=1S/C16H17ClN4O3/c1-9-5-14(20-21(9)13-4-2-3-11(17)8-13)19-16(24)18-12-6-10(7-12)15(22)23/h2-5,8,10,12H,6-7H2,1H3,(H,22,23)(H2,18,19,20,24). The van der Waals surface area contributed by atoms with E-state index in [2.05, 4.69) is 15.7 Å². The van der Waals surface area contributed by atoms with Gasteiger partial charge in [-0.15, -0.1) is 5.10 Å². The number of aryl methyl sites for hydroxylation is 1. The first kappa shape index (κ1) is 16.3. The fraction of sp³-hybridized carbons (Fsp3) is 0.312. The maximum Gasteiger partial charge on any atom is 0.320 e. The maximum atomic E-state index is 12.0. The lowest BCUT2D eigenvalue weighted by atomic mass is 9.80. The summed E-state index contributed by atoms with van der Waals surface area (Å²) < 4.78 is 1.69. The summed E-state index contributed by atoms with van der Waals surface area (Å²) in [6.07, 6.45) is 0.914. The Kier molecular flexibility index (Phi) is 4.44. The van der Waals surface area contributed by atoms with E-state index < -0.39 is 5.97 Å². The number of nitrogens with zero attached hydrogens (tertiary/aromatic N) is 2. The average Bonchev–Trinajstić information content (AvgIpc) is 2.82. The molecule has 3 rings (SSSR count). The molecule has 8 heteroatoms. The van der Waals surface area contributed by atoms with Crippen molar-refractivity contribution in [2.24, 2.45) is 5.92 Å². The number of carboxylic acid groups (broad SMARTS) is 1. The van der Waals surface area contributed by atoms with Gasteiger partial charge in [-0.05, 0) is 38.0 Å². The highest BCUT2D eigenvalue weighted by molar-refractivity contribution is 6.30. The van der Waals surface area contributed by atoms with Crippen molar-refractivity contribution in [1.29, 1.82) is 0 Å². The number of hydrogen-bond donors (Lipinski definition) is 3. The third-order valence-electron chi connectivity index (χ3n) is 4.00. The number of nitrogens with one attached hydrogen (secondary N) is 2. The molecule has 24 heavy (non-hydrogen) atoms. The van der Waals surface area contributed by atoms with Gasteiger partial charge in [0.25, 0.3) is 0 Å². The molecule has 0 radical (unpaired) electrons. The van der Waals surface area contributed by atoms with Gasteiger partial charge in [-0.2, -0.15) is 0 Å². The Morgan fingerprint density at radius 1 is 1.33 bits per heavy atom. The summed E-state index contributed by atoms with van der Waals surface area (Å²) in [6, 6.07) is 8.51. The average molecular weight is 349 g/mol. The van der Waals surface area contributed by atoms with Crippen LogP contribution in [0.4, 0.5) is 10.6 Å². The predicted octanol–water partition coefficient (Wildman–Crippen LogP) is 2.82. The SMILES string of the molecule is Cc1cc(NC(=O)NC2CC(C(=O)O)C2)nn1-c1cccc(Cl)c1.